The average Bonchev–Trinajstić information content (AvgIpc) is 2.70. The van der Waals surface area contributed by atoms with E-state index in [2.05, 4.69) is 9.44 Å². The van der Waals surface area contributed by atoms with E-state index in [9.17, 15) is 34.8 Å². The first-order valence-electron chi connectivity index (χ1n) is 9.12. The first-order chi connectivity index (χ1) is 15.2. The summed E-state index contributed by atoms with van der Waals surface area (Å²) in [4.78, 5) is 0. The Morgan fingerprint density at radius 1 is 0.970 bits per heavy atom. The summed E-state index contributed by atoms with van der Waals surface area (Å²) in [5, 5.41) is 9.78. The van der Waals surface area contributed by atoms with Crippen molar-refractivity contribution in [1.29, 1.82) is 5.41 Å². The zero-order valence-corrected chi connectivity index (χ0v) is 17.8. The summed E-state index contributed by atoms with van der Waals surface area (Å²) in [5.41, 5.74) is -3.53. The van der Waals surface area contributed by atoms with Gasteiger partial charge in [0.05, 0.1) is 12.0 Å². The molecule has 1 aromatic carbocycles. The van der Waals surface area contributed by atoms with Gasteiger partial charge in [-0.05, 0) is 42.3 Å². The van der Waals surface area contributed by atoms with E-state index in [1.54, 1.807) is 0 Å². The van der Waals surface area contributed by atoms with Crippen LogP contribution in [0.2, 0.25) is 0 Å². The highest BCUT2D eigenvalue weighted by Gasteiger charge is 2.40. The zero-order chi connectivity index (χ0) is 24.9. The van der Waals surface area contributed by atoms with Crippen molar-refractivity contribution >= 4 is 21.5 Å². The molecule has 0 saturated carbocycles. The van der Waals surface area contributed by atoms with E-state index >= 15 is 0 Å². The highest BCUT2D eigenvalue weighted by Crippen LogP contribution is 2.29. The Kier molecular flexibility index (Phi) is 8.16. The van der Waals surface area contributed by atoms with Crippen LogP contribution in [0.15, 0.2) is 52.9 Å². The van der Waals surface area contributed by atoms with Gasteiger partial charge in [-0.1, -0.05) is 11.2 Å². The summed E-state index contributed by atoms with van der Waals surface area (Å²) in [6.45, 7) is 0.00791. The van der Waals surface area contributed by atoms with Crippen molar-refractivity contribution in [2.75, 3.05) is 19.5 Å². The minimum Gasteiger partial charge on any atom is -0.494 e. The topological polar surface area (TPSA) is 98.0 Å². The molecular weight excluding hydrogens is 482 g/mol. The Hall–Kier alpha value is -3.03. The number of nitrogens with one attached hydrogen (secondary N) is 1. The van der Waals surface area contributed by atoms with E-state index < -0.39 is 33.9 Å². The van der Waals surface area contributed by atoms with E-state index in [0.29, 0.717) is 12.0 Å². The number of halogens is 6. The fourth-order valence-electron chi connectivity index (χ4n) is 2.55. The lowest BCUT2D eigenvalue weighted by atomic mass is 9.99. The molecule has 14 heteroatoms. The molecule has 0 fully saturated rings. The van der Waals surface area contributed by atoms with Gasteiger partial charge in [0.25, 0.3) is 0 Å². The zero-order valence-electron chi connectivity index (χ0n) is 17.0. The second kappa shape index (κ2) is 10.3. The van der Waals surface area contributed by atoms with Crippen LogP contribution in [0.5, 0.6) is 5.75 Å². The van der Waals surface area contributed by atoms with Crippen molar-refractivity contribution in [2.24, 2.45) is 5.16 Å². The highest BCUT2D eigenvalue weighted by atomic mass is 32.2. The molecule has 0 saturated heterocycles. The second-order valence-electron chi connectivity index (χ2n) is 6.64. The number of rotatable bonds is 9. The molecule has 0 unspecified atom stereocenters. The van der Waals surface area contributed by atoms with E-state index in [0.717, 1.165) is 18.2 Å². The Labute approximate surface area is 184 Å². The standard InChI is InChI=1S/C19H18F6N2O5S/c1-33(28,29)32-27-17(19(23,24)25)13-4-8-15(9-5-13)31-11-10-30-14-6-2-12(3-7-14)16(26)18(20,21)22/h2-4,6-8,26H,5,9-11H2,1H3. The Balaban J connectivity index is 1.90. The van der Waals surface area contributed by atoms with Crippen LogP contribution < -0.4 is 4.74 Å². The summed E-state index contributed by atoms with van der Waals surface area (Å²) in [6.07, 6.45) is -6.81. The molecule has 7 nitrogen and oxygen atoms in total. The lowest BCUT2D eigenvalue weighted by Crippen LogP contribution is -2.26. The fourth-order valence-corrected chi connectivity index (χ4v) is 2.76. The summed E-state index contributed by atoms with van der Waals surface area (Å²) < 4.78 is 113. The predicted octanol–water partition coefficient (Wildman–Crippen LogP) is 4.51. The van der Waals surface area contributed by atoms with Crippen LogP contribution in [0.1, 0.15) is 18.4 Å². The molecule has 1 aromatic rings. The lowest BCUT2D eigenvalue weighted by molar-refractivity contribution is -0.0605. The van der Waals surface area contributed by atoms with Crippen LogP contribution in [-0.2, 0) is 19.1 Å². The molecule has 0 heterocycles. The summed E-state index contributed by atoms with van der Waals surface area (Å²) in [7, 11) is -4.21. The Morgan fingerprint density at radius 3 is 2.06 bits per heavy atom. The fraction of sp³-hybridized carbons (Fsp3) is 0.368. The first kappa shape index (κ1) is 26.2. The summed E-state index contributed by atoms with van der Waals surface area (Å²) >= 11 is 0. The molecule has 182 valence electrons. The predicted molar refractivity (Wildman–Crippen MR) is 106 cm³/mol. The first-order valence-corrected chi connectivity index (χ1v) is 10.9. The molecule has 0 aromatic heterocycles. The van der Waals surface area contributed by atoms with Gasteiger partial charge in [-0.15, -0.1) is 0 Å². The maximum atomic E-state index is 13.1. The van der Waals surface area contributed by atoms with Gasteiger partial charge in [0.15, 0.2) is 5.71 Å². The molecule has 1 aliphatic carbocycles. The normalized spacial score (nSPS) is 15.4. The van der Waals surface area contributed by atoms with Crippen molar-refractivity contribution in [1.82, 2.24) is 0 Å². The maximum Gasteiger partial charge on any atom is 0.436 e. The number of allylic oxidation sites excluding steroid dienone is 4. The molecule has 0 bridgehead atoms. The summed E-state index contributed by atoms with van der Waals surface area (Å²) in [5.74, 6) is 0.593. The molecule has 0 aliphatic heterocycles. The number of nitrogens with zero attached hydrogens (tertiary/aromatic N) is 1. The van der Waals surface area contributed by atoms with Crippen LogP contribution in [0.25, 0.3) is 0 Å². The third kappa shape index (κ3) is 8.44. The Bertz CT molecular complexity index is 1060. The van der Waals surface area contributed by atoms with Crippen LogP contribution in [0.3, 0.4) is 0 Å². The van der Waals surface area contributed by atoms with Gasteiger partial charge in [0.1, 0.15) is 24.7 Å². The van der Waals surface area contributed by atoms with Gasteiger partial charge >= 0.3 is 22.5 Å². The van der Waals surface area contributed by atoms with Crippen LogP contribution in [0.4, 0.5) is 26.3 Å². The molecule has 33 heavy (non-hydrogen) atoms. The van der Waals surface area contributed by atoms with Gasteiger partial charge < -0.3 is 9.47 Å². The lowest BCUT2D eigenvalue weighted by Gasteiger charge is -2.18. The van der Waals surface area contributed by atoms with E-state index in [1.807, 2.05) is 0 Å². The van der Waals surface area contributed by atoms with Crippen LogP contribution in [0, 0.1) is 5.41 Å². The number of hydrogen-bond donors (Lipinski definition) is 1. The van der Waals surface area contributed by atoms with Crippen molar-refractivity contribution in [3.63, 3.8) is 0 Å². The van der Waals surface area contributed by atoms with Gasteiger partial charge in [-0.3, -0.25) is 9.69 Å². The van der Waals surface area contributed by atoms with Crippen molar-refractivity contribution in [3.05, 3.63) is 53.3 Å². The van der Waals surface area contributed by atoms with Crippen LogP contribution in [-0.4, -0.2) is 51.7 Å². The molecule has 1 aliphatic rings. The number of benzene rings is 1. The largest absolute Gasteiger partial charge is 0.494 e. The monoisotopic (exact) mass is 500 g/mol. The molecular formula is C19H18F6N2O5S. The highest BCUT2D eigenvalue weighted by molar-refractivity contribution is 7.85. The third-order valence-corrected chi connectivity index (χ3v) is 4.36. The second-order valence-corrected chi connectivity index (χ2v) is 8.19. The number of hydrogen-bond acceptors (Lipinski definition) is 7. The molecule has 0 spiro atoms. The molecule has 1 N–H and O–H groups in total. The van der Waals surface area contributed by atoms with Gasteiger partial charge in [-0.2, -0.15) is 34.8 Å². The summed E-state index contributed by atoms with van der Waals surface area (Å²) in [6, 6.07) is 4.72. The van der Waals surface area contributed by atoms with Gasteiger partial charge in [-0.25, -0.2) is 0 Å². The number of ether oxygens (including phenoxy) is 2. The van der Waals surface area contributed by atoms with E-state index in [-0.39, 0.29) is 42.9 Å². The van der Waals surface area contributed by atoms with Crippen molar-refractivity contribution in [3.8, 4) is 5.75 Å². The smallest absolute Gasteiger partial charge is 0.436 e. The third-order valence-electron chi connectivity index (χ3n) is 4.01. The molecule has 0 radical (unpaired) electrons. The minimum absolute atomic E-state index is 0.00142. The average molecular weight is 500 g/mol. The van der Waals surface area contributed by atoms with Gasteiger partial charge in [0, 0.05) is 12.0 Å². The number of oxime groups is 1. The Morgan fingerprint density at radius 2 is 1.58 bits per heavy atom. The maximum absolute atomic E-state index is 13.1. The minimum atomic E-state index is -4.93. The SMILES string of the molecule is CS(=O)(=O)ON=C(C1=CC=C(OCCOc2ccc(C(=N)C(F)(F)F)cc2)CC1)C(F)(F)F. The number of alkyl halides is 6. The molecule has 0 atom stereocenters. The van der Waals surface area contributed by atoms with Crippen molar-refractivity contribution < 1.29 is 48.5 Å². The molecule has 2 rings (SSSR count). The van der Waals surface area contributed by atoms with Crippen molar-refractivity contribution in [2.45, 2.75) is 25.2 Å². The van der Waals surface area contributed by atoms with E-state index in [1.165, 1.54) is 18.2 Å². The van der Waals surface area contributed by atoms with E-state index in [4.69, 9.17) is 14.9 Å². The molecule has 0 amide bonds. The van der Waals surface area contributed by atoms with Crippen LogP contribution >= 0.6 is 0 Å². The van der Waals surface area contributed by atoms with Gasteiger partial charge in [0.2, 0.25) is 0 Å². The quantitative estimate of drug-likeness (QED) is 0.233.